The smallest absolute Gasteiger partial charge is 0.306 e. The average molecular weight is 1240 g/mol. The standard InChI is InChI=1S/C77H139N2O7P/c1-7-10-13-16-19-22-25-28-30-32-34-36-37-38-39-40-41-43-44-46-48-51-54-57-60-63-66-69-76(80)78-74(73-85-87(82,83)84-72-71-79(4,5)6)75(68-65-62-59-56-53-50-27-24-21-18-15-12-9-3)86-77(81)70-67-64-61-58-55-52-49-47-45-42-35-33-31-29-26-23-20-17-14-11-8-2/h19-20,22-23,28-31,34-36,38-39,42,65,68,74-75H,7-18,21,24-27,32-33,37,40-41,43-64,66-67,69-73H2,1-6H3,(H-,78,80,82,83)/b22-19-,23-20-,30-28-,31-29-,36-34-,39-38-,42-35-,68-65-. The number of carbonyl (C=O) groups is 2. The molecule has 504 valence electrons. The number of nitrogens with one attached hydrogen (secondary N) is 1. The molecule has 0 aromatic heterocycles. The fraction of sp³-hybridized carbons (Fsp3) is 0.766. The third kappa shape index (κ3) is 67.2. The van der Waals surface area contributed by atoms with Gasteiger partial charge in [-0.05, 0) is 115 Å². The predicted molar refractivity (Wildman–Crippen MR) is 376 cm³/mol. The Hall–Kier alpha value is -3.07. The lowest BCUT2D eigenvalue weighted by Gasteiger charge is -2.30. The summed E-state index contributed by atoms with van der Waals surface area (Å²) in [4.78, 5) is 40.2. The fourth-order valence-corrected chi connectivity index (χ4v) is 11.1. The topological polar surface area (TPSA) is 114 Å². The van der Waals surface area contributed by atoms with Gasteiger partial charge in [-0.3, -0.25) is 14.2 Å². The second-order valence-corrected chi connectivity index (χ2v) is 27.1. The fourth-order valence-electron chi connectivity index (χ4n) is 10.3. The van der Waals surface area contributed by atoms with E-state index in [0.717, 1.165) is 109 Å². The minimum absolute atomic E-state index is 0.0275. The number of rotatable bonds is 66. The van der Waals surface area contributed by atoms with E-state index in [1.165, 1.54) is 186 Å². The van der Waals surface area contributed by atoms with Crippen LogP contribution < -0.4 is 10.2 Å². The molecular formula is C77H139N2O7P. The van der Waals surface area contributed by atoms with Crippen LogP contribution in [-0.4, -0.2) is 69.4 Å². The monoisotopic (exact) mass is 1240 g/mol. The molecule has 0 spiro atoms. The molecule has 3 atom stereocenters. The highest BCUT2D eigenvalue weighted by molar-refractivity contribution is 7.45. The lowest BCUT2D eigenvalue weighted by Crippen LogP contribution is -2.47. The zero-order chi connectivity index (χ0) is 63.5. The first-order valence-electron chi connectivity index (χ1n) is 36.5. The van der Waals surface area contributed by atoms with E-state index in [0.29, 0.717) is 17.4 Å². The van der Waals surface area contributed by atoms with Crippen LogP contribution in [0.1, 0.15) is 329 Å². The van der Waals surface area contributed by atoms with Crippen molar-refractivity contribution < 1.29 is 37.3 Å². The maximum Gasteiger partial charge on any atom is 0.306 e. The molecule has 0 saturated heterocycles. The van der Waals surface area contributed by atoms with Crippen LogP contribution in [0.25, 0.3) is 0 Å². The normalized spacial score (nSPS) is 14.1. The van der Waals surface area contributed by atoms with E-state index in [2.05, 4.69) is 111 Å². The van der Waals surface area contributed by atoms with Crippen molar-refractivity contribution in [1.29, 1.82) is 0 Å². The average Bonchev–Trinajstić information content (AvgIpc) is 3.69. The van der Waals surface area contributed by atoms with Gasteiger partial charge in [-0.25, -0.2) is 0 Å². The van der Waals surface area contributed by atoms with Crippen molar-refractivity contribution in [2.75, 3.05) is 40.9 Å². The third-order valence-corrected chi connectivity index (χ3v) is 17.0. The molecule has 0 aliphatic carbocycles. The summed E-state index contributed by atoms with van der Waals surface area (Å²) in [5, 5.41) is 3.04. The number of ether oxygens (including phenoxy) is 1. The van der Waals surface area contributed by atoms with Gasteiger partial charge in [0.2, 0.25) is 5.91 Å². The summed E-state index contributed by atoms with van der Waals surface area (Å²) in [7, 11) is 1.18. The largest absolute Gasteiger partial charge is 0.756 e. The molecule has 10 heteroatoms. The van der Waals surface area contributed by atoms with E-state index in [1.807, 2.05) is 33.3 Å². The van der Waals surface area contributed by atoms with Crippen LogP contribution in [0.2, 0.25) is 0 Å². The molecule has 0 heterocycles. The van der Waals surface area contributed by atoms with E-state index in [1.54, 1.807) is 0 Å². The highest BCUT2D eigenvalue weighted by Gasteiger charge is 2.27. The second-order valence-electron chi connectivity index (χ2n) is 25.7. The number of hydrogen-bond acceptors (Lipinski definition) is 7. The molecule has 0 rings (SSSR count). The van der Waals surface area contributed by atoms with Crippen LogP contribution in [0, 0.1) is 0 Å². The number of likely N-dealkylation sites (N-methyl/N-ethyl adjacent to an activating group) is 1. The van der Waals surface area contributed by atoms with Crippen molar-refractivity contribution in [3.63, 3.8) is 0 Å². The summed E-state index contributed by atoms with van der Waals surface area (Å²) >= 11 is 0. The van der Waals surface area contributed by atoms with Gasteiger partial charge < -0.3 is 28.5 Å². The lowest BCUT2D eigenvalue weighted by molar-refractivity contribution is -0.870. The summed E-state index contributed by atoms with van der Waals surface area (Å²) in [6.07, 6.45) is 89.5. The number of esters is 1. The highest BCUT2D eigenvalue weighted by Crippen LogP contribution is 2.38. The maximum atomic E-state index is 13.6. The number of phosphoric ester groups is 1. The zero-order valence-electron chi connectivity index (χ0n) is 57.7. The van der Waals surface area contributed by atoms with E-state index in [9.17, 15) is 19.0 Å². The zero-order valence-corrected chi connectivity index (χ0v) is 58.6. The van der Waals surface area contributed by atoms with Gasteiger partial charge in [0, 0.05) is 12.8 Å². The van der Waals surface area contributed by atoms with Crippen LogP contribution >= 0.6 is 7.82 Å². The van der Waals surface area contributed by atoms with Crippen LogP contribution in [-0.2, 0) is 27.9 Å². The van der Waals surface area contributed by atoms with Crippen LogP contribution in [0.4, 0.5) is 0 Å². The summed E-state index contributed by atoms with van der Waals surface area (Å²) in [6, 6.07) is -0.900. The number of allylic oxidation sites excluding steroid dienone is 15. The molecule has 0 saturated carbocycles. The summed E-state index contributed by atoms with van der Waals surface area (Å²) < 4.78 is 30.5. The van der Waals surface area contributed by atoms with Crippen LogP contribution in [0.5, 0.6) is 0 Å². The molecule has 3 unspecified atom stereocenters. The molecule has 0 aliphatic heterocycles. The van der Waals surface area contributed by atoms with Gasteiger partial charge in [-0.1, -0.05) is 298 Å². The van der Waals surface area contributed by atoms with Crippen LogP contribution in [0.15, 0.2) is 97.2 Å². The molecule has 0 bridgehead atoms. The number of phosphoric acid groups is 1. The number of quaternary nitrogens is 1. The van der Waals surface area contributed by atoms with Gasteiger partial charge in [0.1, 0.15) is 19.3 Å². The molecule has 1 N–H and O–H groups in total. The molecule has 0 aromatic rings. The Bertz CT molecular complexity index is 1810. The number of carbonyl (C=O) groups excluding carboxylic acids is 2. The second kappa shape index (κ2) is 65.9. The Balaban J connectivity index is 5.09. The van der Waals surface area contributed by atoms with Crippen molar-refractivity contribution in [2.45, 2.75) is 341 Å². The Morgan fingerprint density at radius 1 is 0.402 bits per heavy atom. The number of unbranched alkanes of at least 4 members (excludes halogenated alkanes) is 36. The van der Waals surface area contributed by atoms with E-state index < -0.39 is 26.6 Å². The molecular weight excluding hydrogens is 1100 g/mol. The van der Waals surface area contributed by atoms with Crippen molar-refractivity contribution in [3.8, 4) is 0 Å². The first kappa shape index (κ1) is 83.9. The van der Waals surface area contributed by atoms with Crippen molar-refractivity contribution in [2.24, 2.45) is 0 Å². The Kier molecular flexibility index (Phi) is 63.5. The molecule has 1 amide bonds. The van der Waals surface area contributed by atoms with E-state index in [-0.39, 0.29) is 24.9 Å². The lowest BCUT2D eigenvalue weighted by atomic mass is 10.0. The molecule has 0 aliphatic rings. The van der Waals surface area contributed by atoms with Gasteiger partial charge in [-0.15, -0.1) is 0 Å². The molecule has 87 heavy (non-hydrogen) atoms. The summed E-state index contributed by atoms with van der Waals surface area (Å²) in [5.74, 6) is -0.548. The van der Waals surface area contributed by atoms with E-state index >= 15 is 0 Å². The quantitative estimate of drug-likeness (QED) is 0.0212. The van der Waals surface area contributed by atoms with Crippen molar-refractivity contribution in [3.05, 3.63) is 97.2 Å². The summed E-state index contributed by atoms with van der Waals surface area (Å²) in [5.41, 5.74) is 0. The van der Waals surface area contributed by atoms with E-state index in [4.69, 9.17) is 13.8 Å². The minimum atomic E-state index is -4.71. The minimum Gasteiger partial charge on any atom is -0.756 e. The van der Waals surface area contributed by atoms with Gasteiger partial charge in [0.05, 0.1) is 33.8 Å². The molecule has 0 radical (unpaired) electrons. The first-order chi connectivity index (χ1) is 42.4. The van der Waals surface area contributed by atoms with Crippen molar-refractivity contribution >= 4 is 19.7 Å². The highest BCUT2D eigenvalue weighted by atomic mass is 31.2. The van der Waals surface area contributed by atoms with Gasteiger partial charge >= 0.3 is 5.97 Å². The maximum absolute atomic E-state index is 13.6. The van der Waals surface area contributed by atoms with Gasteiger partial charge in [0.15, 0.2) is 0 Å². The first-order valence-corrected chi connectivity index (χ1v) is 38.0. The van der Waals surface area contributed by atoms with Gasteiger partial charge in [0.25, 0.3) is 7.82 Å². The third-order valence-electron chi connectivity index (χ3n) is 16.0. The number of hydrogen-bond donors (Lipinski definition) is 1. The van der Waals surface area contributed by atoms with Crippen molar-refractivity contribution in [1.82, 2.24) is 5.32 Å². The predicted octanol–water partition coefficient (Wildman–Crippen LogP) is 22.8. The Morgan fingerprint density at radius 3 is 1.07 bits per heavy atom. The molecule has 0 fully saturated rings. The Morgan fingerprint density at radius 2 is 0.701 bits per heavy atom. The van der Waals surface area contributed by atoms with Gasteiger partial charge in [-0.2, -0.15) is 0 Å². The SMILES string of the molecule is CCCCC/C=C\C/C=C\C/C=C\C/C=C\CCCCCCCCCCCCCC(=O)NC(COP(=O)([O-])OCC[N+](C)(C)C)C(/C=C\CCCCCCCCCCCCC)OC(=O)CCCCCCCCCC/C=C\C/C=C\C/C=C\CCCCC. The van der Waals surface area contributed by atoms with Crippen LogP contribution in [0.3, 0.4) is 0 Å². The summed E-state index contributed by atoms with van der Waals surface area (Å²) in [6.45, 7) is 6.81. The number of amides is 1. The molecule has 0 aromatic carbocycles. The Labute approximate surface area is 538 Å². The molecule has 9 nitrogen and oxygen atoms in total. The number of nitrogens with zero attached hydrogens (tertiary/aromatic N) is 1.